The van der Waals surface area contributed by atoms with E-state index in [0.717, 1.165) is 13.1 Å². The Hall–Kier alpha value is -0.640. The Kier molecular flexibility index (Phi) is 3.13. The molecule has 0 bridgehead atoms. The second-order valence-electron chi connectivity index (χ2n) is 3.01. The second-order valence-corrected chi connectivity index (χ2v) is 4.80. The van der Waals surface area contributed by atoms with E-state index in [2.05, 4.69) is 45.9 Å². The van der Waals surface area contributed by atoms with Crippen LogP contribution in [0.4, 0.5) is 0 Å². The maximum Gasteiger partial charge on any atom is 0.0305 e. The van der Waals surface area contributed by atoms with Crippen LogP contribution in [-0.4, -0.2) is 17.8 Å². The molecule has 0 radical (unpaired) electrons. The van der Waals surface area contributed by atoms with E-state index in [9.17, 15) is 0 Å². The van der Waals surface area contributed by atoms with E-state index in [1.165, 1.54) is 11.3 Å². The van der Waals surface area contributed by atoms with E-state index in [-0.39, 0.29) is 10.7 Å². The van der Waals surface area contributed by atoms with Crippen molar-refractivity contribution in [2.45, 2.75) is 6.54 Å². The lowest BCUT2D eigenvalue weighted by Gasteiger charge is -2.05. The van der Waals surface area contributed by atoms with E-state index < -0.39 is 0 Å². The van der Waals surface area contributed by atoms with Crippen molar-refractivity contribution < 1.29 is 0 Å². The molecule has 1 aromatic carbocycles. The highest BCUT2D eigenvalue weighted by Gasteiger charge is 2.00. The van der Waals surface area contributed by atoms with Crippen molar-refractivity contribution in [2.24, 2.45) is 0 Å². The summed E-state index contributed by atoms with van der Waals surface area (Å²) in [4.78, 5) is 0. The summed E-state index contributed by atoms with van der Waals surface area (Å²) in [6, 6.07) is 10.5. The molecule has 2 nitrogen and oxygen atoms in total. The summed E-state index contributed by atoms with van der Waals surface area (Å²) < 4.78 is 3.51. The number of rotatable bonds is 3. The molecular formula is C10H14N2S. The summed E-state index contributed by atoms with van der Waals surface area (Å²) >= 11 is 0. The summed E-state index contributed by atoms with van der Waals surface area (Å²) in [6.07, 6.45) is 0. The first-order valence-corrected chi connectivity index (χ1v) is 5.95. The van der Waals surface area contributed by atoms with Gasteiger partial charge in [0.05, 0.1) is 0 Å². The molecule has 2 rings (SSSR count). The Morgan fingerprint density at radius 1 is 1.31 bits per heavy atom. The van der Waals surface area contributed by atoms with Crippen LogP contribution in [-0.2, 0) is 6.54 Å². The molecule has 0 aromatic heterocycles. The van der Waals surface area contributed by atoms with Crippen molar-refractivity contribution in [3.05, 3.63) is 35.9 Å². The fraction of sp³-hybridized carbons (Fsp3) is 0.300. The highest BCUT2D eigenvalue weighted by Crippen LogP contribution is 2.09. The van der Waals surface area contributed by atoms with Gasteiger partial charge in [-0.2, -0.15) is 0 Å². The van der Waals surface area contributed by atoms with Gasteiger partial charge in [-0.1, -0.05) is 30.3 Å². The lowest BCUT2D eigenvalue weighted by molar-refractivity contribution is 0.968. The van der Waals surface area contributed by atoms with Crippen LogP contribution in [0.2, 0.25) is 0 Å². The van der Waals surface area contributed by atoms with Gasteiger partial charge in [0, 0.05) is 24.3 Å². The maximum atomic E-state index is 3.51. The number of benzene rings is 1. The maximum absolute atomic E-state index is 3.51. The monoisotopic (exact) mass is 194 g/mol. The normalized spacial score (nSPS) is 21.4. The van der Waals surface area contributed by atoms with Gasteiger partial charge in [-0.15, -0.1) is 10.7 Å². The number of hydrogen-bond donors (Lipinski definition) is 2. The molecule has 1 heterocycles. The van der Waals surface area contributed by atoms with Crippen molar-refractivity contribution >= 4 is 16.2 Å². The predicted octanol–water partition coefficient (Wildman–Crippen LogP) is 1.32. The summed E-state index contributed by atoms with van der Waals surface area (Å²) in [5, 5.41) is 3.23. The minimum absolute atomic E-state index is 0.286. The van der Waals surface area contributed by atoms with Crippen LogP contribution < -0.4 is 10.0 Å². The van der Waals surface area contributed by atoms with Gasteiger partial charge in [0.15, 0.2) is 0 Å². The summed E-state index contributed by atoms with van der Waals surface area (Å²) in [5.74, 6) is 1.23. The fourth-order valence-electron chi connectivity index (χ4n) is 1.27. The number of nitrogens with one attached hydrogen (secondary N) is 2. The third-order valence-electron chi connectivity index (χ3n) is 2.00. The van der Waals surface area contributed by atoms with Crippen LogP contribution in [0.15, 0.2) is 30.3 Å². The average Bonchev–Trinajstić information content (AvgIpc) is 2.69. The van der Waals surface area contributed by atoms with Crippen LogP contribution in [0.5, 0.6) is 0 Å². The largest absolute Gasteiger partial charge is 0.288 e. The lowest BCUT2D eigenvalue weighted by atomic mass is 10.2. The quantitative estimate of drug-likeness (QED) is 0.709. The molecule has 0 fully saturated rings. The zero-order valence-electron chi connectivity index (χ0n) is 7.49. The van der Waals surface area contributed by atoms with Gasteiger partial charge in [0.1, 0.15) is 0 Å². The highest BCUT2D eigenvalue weighted by molar-refractivity contribution is 8.13. The predicted molar refractivity (Wildman–Crippen MR) is 59.8 cm³/mol. The fourth-order valence-corrected chi connectivity index (χ4v) is 2.63. The molecule has 0 saturated heterocycles. The Morgan fingerprint density at radius 2 is 2.15 bits per heavy atom. The van der Waals surface area contributed by atoms with Gasteiger partial charge in [0.25, 0.3) is 0 Å². The molecule has 1 unspecified atom stereocenters. The summed E-state index contributed by atoms with van der Waals surface area (Å²) in [6.45, 7) is 2.09. The molecule has 70 valence electrons. The molecule has 1 aliphatic rings. The third-order valence-corrected chi connectivity index (χ3v) is 3.61. The van der Waals surface area contributed by atoms with Gasteiger partial charge in [-0.3, -0.25) is 10.0 Å². The van der Waals surface area contributed by atoms with Crippen molar-refractivity contribution in [3.8, 4) is 0 Å². The average molecular weight is 194 g/mol. The van der Waals surface area contributed by atoms with Crippen molar-refractivity contribution in [3.63, 3.8) is 0 Å². The van der Waals surface area contributed by atoms with E-state index in [4.69, 9.17) is 0 Å². The molecule has 13 heavy (non-hydrogen) atoms. The minimum Gasteiger partial charge on any atom is -0.288 e. The van der Waals surface area contributed by atoms with E-state index in [1.54, 1.807) is 0 Å². The van der Waals surface area contributed by atoms with Crippen molar-refractivity contribution in [1.29, 1.82) is 0 Å². The van der Waals surface area contributed by atoms with Gasteiger partial charge in [0.2, 0.25) is 0 Å². The molecule has 3 heteroatoms. The van der Waals surface area contributed by atoms with Gasteiger partial charge in [-0.25, -0.2) is 0 Å². The molecular weight excluding hydrogens is 180 g/mol. The summed E-state index contributed by atoms with van der Waals surface area (Å²) in [7, 11) is 0.286. The second kappa shape index (κ2) is 4.56. The Balaban J connectivity index is 1.86. The molecule has 0 spiro atoms. The molecule has 0 amide bonds. The standard InChI is InChI=1S/C10H14N2S/c1-2-4-10(5-3-1)8-12-13-7-6-11-9-13/h1-5,9,11-12H,6-8H2. The zero-order valence-corrected chi connectivity index (χ0v) is 8.31. The van der Waals surface area contributed by atoms with Crippen LogP contribution in [0, 0.1) is 0 Å². The highest BCUT2D eigenvalue weighted by atomic mass is 32.2. The van der Waals surface area contributed by atoms with E-state index >= 15 is 0 Å². The Morgan fingerprint density at radius 3 is 2.85 bits per heavy atom. The SMILES string of the molecule is C1=S(NCc2ccccc2)CCN1. The first-order valence-electron chi connectivity index (χ1n) is 4.49. The minimum atomic E-state index is 0.286. The molecule has 1 aliphatic heterocycles. The van der Waals surface area contributed by atoms with Crippen molar-refractivity contribution in [1.82, 2.24) is 10.0 Å². The first-order chi connectivity index (χ1) is 6.45. The number of hydrogen-bond acceptors (Lipinski definition) is 2. The van der Waals surface area contributed by atoms with Gasteiger partial charge >= 0.3 is 0 Å². The van der Waals surface area contributed by atoms with Crippen LogP contribution >= 0.6 is 10.7 Å². The third kappa shape index (κ3) is 2.66. The van der Waals surface area contributed by atoms with E-state index in [0.29, 0.717) is 0 Å². The van der Waals surface area contributed by atoms with Crippen LogP contribution in [0.1, 0.15) is 5.56 Å². The summed E-state index contributed by atoms with van der Waals surface area (Å²) in [5.41, 5.74) is 3.53. The van der Waals surface area contributed by atoms with Crippen LogP contribution in [0.25, 0.3) is 0 Å². The van der Waals surface area contributed by atoms with E-state index in [1.807, 2.05) is 0 Å². The first kappa shape index (κ1) is 8.94. The molecule has 0 saturated carbocycles. The molecule has 1 atom stereocenters. The van der Waals surface area contributed by atoms with Crippen molar-refractivity contribution in [2.75, 3.05) is 12.3 Å². The van der Waals surface area contributed by atoms with Gasteiger partial charge in [-0.05, 0) is 5.56 Å². The van der Waals surface area contributed by atoms with Crippen LogP contribution in [0.3, 0.4) is 0 Å². The topological polar surface area (TPSA) is 24.1 Å². The zero-order chi connectivity index (χ0) is 8.93. The Bertz CT molecular complexity index is 295. The Labute approximate surface area is 81.4 Å². The molecule has 2 N–H and O–H groups in total. The van der Waals surface area contributed by atoms with Gasteiger partial charge < -0.3 is 0 Å². The molecule has 1 aromatic rings. The molecule has 0 aliphatic carbocycles. The smallest absolute Gasteiger partial charge is 0.0305 e. The lowest BCUT2D eigenvalue weighted by Crippen LogP contribution is -2.06.